The zero-order chi connectivity index (χ0) is 21.2. The molecule has 29 heavy (non-hydrogen) atoms. The molecule has 1 aliphatic rings. The monoisotopic (exact) mass is 440 g/mol. The number of thioether (sulfide) groups is 1. The summed E-state index contributed by atoms with van der Waals surface area (Å²) in [6.45, 7) is 1.39. The van der Waals surface area contributed by atoms with Gasteiger partial charge in [0.25, 0.3) is 0 Å². The molecule has 1 heterocycles. The van der Waals surface area contributed by atoms with E-state index in [2.05, 4.69) is 10.6 Å². The maximum Gasteiger partial charge on any atom is 0.225 e. The van der Waals surface area contributed by atoms with Gasteiger partial charge in [-0.1, -0.05) is 0 Å². The van der Waals surface area contributed by atoms with E-state index in [0.717, 1.165) is 17.0 Å². The highest BCUT2D eigenvalue weighted by atomic mass is 32.2. The number of anilines is 2. The fourth-order valence-corrected chi connectivity index (χ4v) is 5.08. The minimum Gasteiger partial charge on any atom is -0.326 e. The summed E-state index contributed by atoms with van der Waals surface area (Å²) in [5.74, 6) is -2.40. The zero-order valence-corrected chi connectivity index (χ0v) is 17.0. The Hall–Kier alpha value is -2.46. The highest BCUT2D eigenvalue weighted by Gasteiger charge is 2.27. The minimum absolute atomic E-state index is 0.00724. The van der Waals surface area contributed by atoms with E-state index in [0.29, 0.717) is 17.9 Å². The molecule has 2 N–H and O–H groups in total. The number of rotatable bonds is 5. The quantitative estimate of drug-likeness (QED) is 0.741. The molecule has 1 atom stereocenters. The van der Waals surface area contributed by atoms with E-state index in [1.54, 1.807) is 6.07 Å². The fourth-order valence-electron chi connectivity index (χ4n) is 2.77. The van der Waals surface area contributed by atoms with Crippen molar-refractivity contribution in [1.82, 2.24) is 0 Å². The van der Waals surface area contributed by atoms with Crippen molar-refractivity contribution in [3.05, 3.63) is 48.0 Å². The van der Waals surface area contributed by atoms with Crippen LogP contribution in [0, 0.1) is 11.6 Å². The van der Waals surface area contributed by atoms with Crippen LogP contribution in [0.4, 0.5) is 20.2 Å². The van der Waals surface area contributed by atoms with Gasteiger partial charge in [0.2, 0.25) is 11.8 Å². The van der Waals surface area contributed by atoms with E-state index in [9.17, 15) is 26.8 Å². The molecule has 6 nitrogen and oxygen atoms in total. The van der Waals surface area contributed by atoms with Crippen LogP contribution in [-0.4, -0.2) is 31.2 Å². The first-order valence-electron chi connectivity index (χ1n) is 8.72. The highest BCUT2D eigenvalue weighted by molar-refractivity contribution is 7.99. The van der Waals surface area contributed by atoms with Gasteiger partial charge in [-0.15, -0.1) is 11.8 Å². The molecule has 0 aromatic heterocycles. The van der Waals surface area contributed by atoms with Crippen LogP contribution in [0.3, 0.4) is 0 Å². The second-order valence-electron chi connectivity index (χ2n) is 6.54. The molecule has 0 radical (unpaired) electrons. The molecule has 0 unspecified atom stereocenters. The topological polar surface area (TPSA) is 92.3 Å². The van der Waals surface area contributed by atoms with Crippen molar-refractivity contribution in [2.24, 2.45) is 0 Å². The van der Waals surface area contributed by atoms with Gasteiger partial charge in [-0.2, -0.15) is 0 Å². The predicted molar refractivity (Wildman–Crippen MR) is 107 cm³/mol. The zero-order valence-electron chi connectivity index (χ0n) is 15.4. The van der Waals surface area contributed by atoms with Crippen LogP contribution >= 0.6 is 11.8 Å². The highest BCUT2D eigenvalue weighted by Crippen LogP contribution is 2.33. The van der Waals surface area contributed by atoms with Crippen LogP contribution in [0.15, 0.2) is 46.2 Å². The summed E-state index contributed by atoms with van der Waals surface area (Å²) in [6.07, 6.45) is -0.0402. The van der Waals surface area contributed by atoms with E-state index in [4.69, 9.17) is 0 Å². The van der Waals surface area contributed by atoms with Gasteiger partial charge in [0.1, 0.15) is 0 Å². The molecule has 154 valence electrons. The molecule has 0 saturated carbocycles. The second kappa shape index (κ2) is 8.50. The van der Waals surface area contributed by atoms with Crippen LogP contribution in [-0.2, 0) is 19.4 Å². The fraction of sp³-hybridized carbons (Fsp3) is 0.263. The van der Waals surface area contributed by atoms with Gasteiger partial charge in [-0.05, 0) is 37.3 Å². The third kappa shape index (κ3) is 4.94. The average Bonchev–Trinajstić information content (AvgIpc) is 2.84. The molecule has 0 saturated heterocycles. The molecule has 2 aromatic rings. The Kier molecular flexibility index (Phi) is 6.23. The molecule has 0 bridgehead atoms. The summed E-state index contributed by atoms with van der Waals surface area (Å²) >= 11 is 1.46. The van der Waals surface area contributed by atoms with Gasteiger partial charge < -0.3 is 10.6 Å². The maximum absolute atomic E-state index is 13.2. The molecular formula is C19H18F2N2O4S2. The molecule has 10 heteroatoms. The van der Waals surface area contributed by atoms with Crippen molar-refractivity contribution >= 4 is 44.8 Å². The predicted octanol–water partition coefficient (Wildman–Crippen LogP) is 3.59. The SMILES string of the molecule is C[C@@H](CC(=O)Nc1ccc(F)c(F)c1)S(=O)(=O)c1ccc2c(c1)NC(=O)CCS2. The molecule has 1 aliphatic heterocycles. The first-order valence-corrected chi connectivity index (χ1v) is 11.3. The van der Waals surface area contributed by atoms with E-state index in [1.165, 1.54) is 36.9 Å². The molecule has 2 amide bonds. The van der Waals surface area contributed by atoms with Crippen LogP contribution < -0.4 is 10.6 Å². The Labute approximate surface area is 171 Å². The number of carbonyl (C=O) groups excluding carboxylic acids is 2. The Morgan fingerprint density at radius 3 is 2.69 bits per heavy atom. The molecule has 0 spiro atoms. The van der Waals surface area contributed by atoms with Crippen molar-refractivity contribution in [2.75, 3.05) is 16.4 Å². The smallest absolute Gasteiger partial charge is 0.225 e. The van der Waals surface area contributed by atoms with Gasteiger partial charge in [0.15, 0.2) is 21.5 Å². The first kappa shape index (κ1) is 21.3. The van der Waals surface area contributed by atoms with Crippen LogP contribution in [0.2, 0.25) is 0 Å². The second-order valence-corrected chi connectivity index (χ2v) is 10.0. The van der Waals surface area contributed by atoms with E-state index >= 15 is 0 Å². The summed E-state index contributed by atoms with van der Waals surface area (Å²) in [4.78, 5) is 24.7. The van der Waals surface area contributed by atoms with Gasteiger partial charge >= 0.3 is 0 Å². The number of hydrogen-bond acceptors (Lipinski definition) is 5. The lowest BCUT2D eigenvalue weighted by molar-refractivity contribution is -0.116. The van der Waals surface area contributed by atoms with E-state index in [1.807, 2.05) is 0 Å². The number of hydrogen-bond donors (Lipinski definition) is 2. The summed E-state index contributed by atoms with van der Waals surface area (Å²) in [5, 5.41) is 3.98. The lowest BCUT2D eigenvalue weighted by Crippen LogP contribution is -2.25. The van der Waals surface area contributed by atoms with Crippen molar-refractivity contribution in [1.29, 1.82) is 0 Å². The minimum atomic E-state index is -3.86. The largest absolute Gasteiger partial charge is 0.326 e. The maximum atomic E-state index is 13.2. The third-order valence-electron chi connectivity index (χ3n) is 4.35. The summed E-state index contributed by atoms with van der Waals surface area (Å²) < 4.78 is 51.9. The molecule has 3 rings (SSSR count). The number of halogens is 2. The summed E-state index contributed by atoms with van der Waals surface area (Å²) in [5.41, 5.74) is 0.459. The van der Waals surface area contributed by atoms with Crippen molar-refractivity contribution in [2.45, 2.75) is 34.8 Å². The Balaban J connectivity index is 1.74. The number of fused-ring (bicyclic) bond motifs is 1. The van der Waals surface area contributed by atoms with Gasteiger partial charge in [0, 0.05) is 35.2 Å². The van der Waals surface area contributed by atoms with Gasteiger partial charge in [-0.25, -0.2) is 17.2 Å². The van der Waals surface area contributed by atoms with Crippen molar-refractivity contribution < 1.29 is 26.8 Å². The van der Waals surface area contributed by atoms with E-state index < -0.39 is 32.6 Å². The van der Waals surface area contributed by atoms with Crippen LogP contribution in [0.1, 0.15) is 19.8 Å². The number of benzene rings is 2. The number of sulfone groups is 1. The van der Waals surface area contributed by atoms with Crippen molar-refractivity contribution in [3.8, 4) is 0 Å². The lowest BCUT2D eigenvalue weighted by Gasteiger charge is -2.15. The van der Waals surface area contributed by atoms with Crippen LogP contribution in [0.25, 0.3) is 0 Å². The third-order valence-corrected chi connectivity index (χ3v) is 7.56. The molecule has 0 fully saturated rings. The first-order chi connectivity index (χ1) is 13.7. The van der Waals surface area contributed by atoms with E-state index in [-0.39, 0.29) is 22.9 Å². The summed E-state index contributed by atoms with van der Waals surface area (Å²) in [7, 11) is -3.86. The average molecular weight is 440 g/mol. The summed E-state index contributed by atoms with van der Waals surface area (Å²) in [6, 6.07) is 7.34. The van der Waals surface area contributed by atoms with Crippen molar-refractivity contribution in [3.63, 3.8) is 0 Å². The van der Waals surface area contributed by atoms with Gasteiger partial charge in [-0.3, -0.25) is 9.59 Å². The van der Waals surface area contributed by atoms with Crippen LogP contribution in [0.5, 0.6) is 0 Å². The Bertz CT molecular complexity index is 1070. The number of amides is 2. The number of nitrogens with one attached hydrogen (secondary N) is 2. The normalized spacial score (nSPS) is 15.1. The molecule has 2 aromatic carbocycles. The molecule has 0 aliphatic carbocycles. The molecular weight excluding hydrogens is 422 g/mol. The lowest BCUT2D eigenvalue weighted by atomic mass is 10.2. The Morgan fingerprint density at radius 2 is 1.97 bits per heavy atom. The standard InChI is InChI=1S/C19H18F2N2O4S2/c1-11(8-19(25)22-12-2-4-14(20)15(21)9-12)29(26,27)13-3-5-17-16(10-13)23-18(24)6-7-28-17/h2-5,9-11H,6-8H2,1H3,(H,22,25)(H,23,24)/t11-/m0/s1. The van der Waals surface area contributed by atoms with Gasteiger partial charge in [0.05, 0.1) is 15.8 Å². The number of carbonyl (C=O) groups is 2. The Morgan fingerprint density at radius 1 is 1.21 bits per heavy atom.